The van der Waals surface area contributed by atoms with E-state index in [1.165, 1.54) is 18.2 Å². The summed E-state index contributed by atoms with van der Waals surface area (Å²) >= 11 is 5.75. The number of nitrogens with one attached hydrogen (secondary N) is 2. The van der Waals surface area contributed by atoms with Gasteiger partial charge in [0, 0.05) is 17.6 Å². The zero-order valence-electron chi connectivity index (χ0n) is 11.1. The van der Waals surface area contributed by atoms with Crippen molar-refractivity contribution < 1.29 is 9.72 Å². The normalized spacial score (nSPS) is 22.3. The van der Waals surface area contributed by atoms with Crippen LogP contribution >= 0.6 is 11.6 Å². The number of nitro groups is 1. The van der Waals surface area contributed by atoms with Crippen molar-refractivity contribution in [1.82, 2.24) is 5.32 Å². The molecule has 7 heteroatoms. The second-order valence-electron chi connectivity index (χ2n) is 5.21. The van der Waals surface area contributed by atoms with Crippen molar-refractivity contribution >= 4 is 28.9 Å². The molecule has 1 aromatic rings. The third-order valence-corrected chi connectivity index (χ3v) is 3.79. The van der Waals surface area contributed by atoms with E-state index >= 15 is 0 Å². The summed E-state index contributed by atoms with van der Waals surface area (Å²) in [5.41, 5.74) is -0.569. The van der Waals surface area contributed by atoms with Gasteiger partial charge in [-0.1, -0.05) is 11.6 Å². The Hall–Kier alpha value is -1.66. The van der Waals surface area contributed by atoms with Crippen LogP contribution in [0.4, 0.5) is 11.4 Å². The highest BCUT2D eigenvalue weighted by Gasteiger charge is 2.35. The minimum absolute atomic E-state index is 0.177. The molecular weight excluding hydrogens is 282 g/mol. The Labute approximate surface area is 121 Å². The molecule has 1 unspecified atom stereocenters. The molecule has 0 spiro atoms. The van der Waals surface area contributed by atoms with Gasteiger partial charge in [-0.25, -0.2) is 0 Å². The molecule has 0 bridgehead atoms. The number of carbonyl (C=O) groups excluding carboxylic acids is 1. The van der Waals surface area contributed by atoms with E-state index in [0.29, 0.717) is 6.54 Å². The van der Waals surface area contributed by atoms with Gasteiger partial charge in [-0.15, -0.1) is 0 Å². The van der Waals surface area contributed by atoms with E-state index in [1.54, 1.807) is 0 Å². The predicted molar refractivity (Wildman–Crippen MR) is 76.9 cm³/mol. The van der Waals surface area contributed by atoms with Crippen molar-refractivity contribution in [2.24, 2.45) is 5.41 Å². The monoisotopic (exact) mass is 297 g/mol. The smallest absolute Gasteiger partial charge is 0.294 e. The number of nitro benzene ring substituents is 1. The molecule has 0 radical (unpaired) electrons. The van der Waals surface area contributed by atoms with Crippen LogP contribution in [0.1, 0.15) is 19.8 Å². The van der Waals surface area contributed by atoms with E-state index in [4.69, 9.17) is 11.6 Å². The van der Waals surface area contributed by atoms with Crippen LogP contribution in [0, 0.1) is 15.5 Å². The minimum Gasteiger partial charge on any atom is -0.320 e. The van der Waals surface area contributed by atoms with Crippen molar-refractivity contribution in [3.8, 4) is 0 Å². The first-order chi connectivity index (χ1) is 9.42. The van der Waals surface area contributed by atoms with Crippen LogP contribution in [0.15, 0.2) is 18.2 Å². The van der Waals surface area contributed by atoms with Crippen molar-refractivity contribution in [2.75, 3.05) is 18.4 Å². The lowest BCUT2D eigenvalue weighted by Gasteiger charge is -2.32. The summed E-state index contributed by atoms with van der Waals surface area (Å²) in [5, 5.41) is 17.1. The van der Waals surface area contributed by atoms with Gasteiger partial charge in [-0.3, -0.25) is 14.9 Å². The Morgan fingerprint density at radius 2 is 2.30 bits per heavy atom. The molecule has 108 valence electrons. The van der Waals surface area contributed by atoms with Gasteiger partial charge in [0.25, 0.3) is 5.69 Å². The summed E-state index contributed by atoms with van der Waals surface area (Å²) < 4.78 is 0. The summed E-state index contributed by atoms with van der Waals surface area (Å²) in [6.45, 7) is 3.32. The maximum absolute atomic E-state index is 12.3. The summed E-state index contributed by atoms with van der Waals surface area (Å²) in [7, 11) is 0. The van der Waals surface area contributed by atoms with Crippen molar-refractivity contribution in [1.29, 1.82) is 0 Å². The maximum atomic E-state index is 12.3. The number of hydrogen-bond acceptors (Lipinski definition) is 4. The van der Waals surface area contributed by atoms with Crippen LogP contribution in [0.5, 0.6) is 0 Å². The quantitative estimate of drug-likeness (QED) is 0.663. The van der Waals surface area contributed by atoms with Crippen LogP contribution in [0.3, 0.4) is 0 Å². The van der Waals surface area contributed by atoms with E-state index in [2.05, 4.69) is 10.6 Å². The molecule has 20 heavy (non-hydrogen) atoms. The lowest BCUT2D eigenvalue weighted by molar-refractivity contribution is -0.383. The van der Waals surface area contributed by atoms with Gasteiger partial charge in [0.05, 0.1) is 10.3 Å². The number of piperidine rings is 1. The molecule has 1 fully saturated rings. The standard InChI is InChI=1S/C13H16ClN3O3/c1-13(5-2-6-15-8-13)12(18)16-10-4-3-9(14)7-11(10)17(19)20/h3-4,7,15H,2,5-6,8H2,1H3,(H,16,18). The van der Waals surface area contributed by atoms with Crippen molar-refractivity contribution in [3.63, 3.8) is 0 Å². The Bertz CT molecular complexity index is 542. The highest BCUT2D eigenvalue weighted by molar-refractivity contribution is 6.31. The van der Waals surface area contributed by atoms with Gasteiger partial charge in [0.15, 0.2) is 0 Å². The third kappa shape index (κ3) is 3.08. The first kappa shape index (κ1) is 14.7. The minimum atomic E-state index is -0.553. The van der Waals surface area contributed by atoms with E-state index in [1.807, 2.05) is 6.92 Å². The van der Waals surface area contributed by atoms with Gasteiger partial charge >= 0.3 is 0 Å². The Kier molecular flexibility index (Phi) is 4.25. The maximum Gasteiger partial charge on any atom is 0.294 e. The fraction of sp³-hybridized carbons (Fsp3) is 0.462. The molecule has 1 aliphatic heterocycles. The number of amides is 1. The van der Waals surface area contributed by atoms with Crippen LogP contribution in [-0.4, -0.2) is 23.9 Å². The Balaban J connectivity index is 2.21. The molecular formula is C13H16ClN3O3. The highest BCUT2D eigenvalue weighted by Crippen LogP contribution is 2.31. The topological polar surface area (TPSA) is 84.3 Å². The second-order valence-corrected chi connectivity index (χ2v) is 5.65. The van der Waals surface area contributed by atoms with Gasteiger partial charge in [0.1, 0.15) is 5.69 Å². The molecule has 2 N–H and O–H groups in total. The predicted octanol–water partition coefficient (Wildman–Crippen LogP) is 2.58. The number of benzene rings is 1. The zero-order chi connectivity index (χ0) is 14.8. The zero-order valence-corrected chi connectivity index (χ0v) is 11.9. The molecule has 2 rings (SSSR count). The van der Waals surface area contributed by atoms with Crippen LogP contribution in [0.25, 0.3) is 0 Å². The molecule has 1 aromatic carbocycles. The number of carbonyl (C=O) groups is 1. The lowest BCUT2D eigenvalue weighted by atomic mass is 9.82. The molecule has 0 aliphatic carbocycles. The van der Waals surface area contributed by atoms with Crippen LogP contribution < -0.4 is 10.6 Å². The number of halogens is 1. The number of nitrogens with zero attached hydrogens (tertiary/aromatic N) is 1. The fourth-order valence-corrected chi connectivity index (χ4v) is 2.45. The highest BCUT2D eigenvalue weighted by atomic mass is 35.5. The molecule has 1 amide bonds. The summed E-state index contributed by atoms with van der Waals surface area (Å²) in [4.78, 5) is 22.8. The summed E-state index contributed by atoms with van der Waals surface area (Å²) in [6.07, 6.45) is 1.67. The largest absolute Gasteiger partial charge is 0.320 e. The molecule has 1 saturated heterocycles. The Morgan fingerprint density at radius 3 is 2.90 bits per heavy atom. The molecule has 0 saturated carbocycles. The lowest BCUT2D eigenvalue weighted by Crippen LogP contribution is -2.46. The molecule has 1 atom stereocenters. The van der Waals surface area contributed by atoms with Crippen molar-refractivity contribution in [2.45, 2.75) is 19.8 Å². The first-order valence-electron chi connectivity index (χ1n) is 6.38. The third-order valence-electron chi connectivity index (χ3n) is 3.55. The second kappa shape index (κ2) is 5.76. The molecule has 1 aliphatic rings. The molecule has 1 heterocycles. The van der Waals surface area contributed by atoms with Gasteiger partial charge < -0.3 is 10.6 Å². The van der Waals surface area contributed by atoms with Gasteiger partial charge in [-0.05, 0) is 38.4 Å². The average Bonchev–Trinajstić information content (AvgIpc) is 2.41. The van der Waals surface area contributed by atoms with Crippen LogP contribution in [-0.2, 0) is 4.79 Å². The first-order valence-corrected chi connectivity index (χ1v) is 6.76. The van der Waals surface area contributed by atoms with Gasteiger partial charge in [-0.2, -0.15) is 0 Å². The van der Waals surface area contributed by atoms with E-state index < -0.39 is 10.3 Å². The number of anilines is 1. The molecule has 0 aromatic heterocycles. The Morgan fingerprint density at radius 1 is 1.55 bits per heavy atom. The molecule has 6 nitrogen and oxygen atoms in total. The van der Waals surface area contributed by atoms with Crippen LogP contribution in [0.2, 0.25) is 5.02 Å². The van der Waals surface area contributed by atoms with Gasteiger partial charge in [0.2, 0.25) is 5.91 Å². The average molecular weight is 298 g/mol. The SMILES string of the molecule is CC1(C(=O)Nc2ccc(Cl)cc2[N+](=O)[O-])CCCNC1. The summed E-state index contributed by atoms with van der Waals surface area (Å²) in [5.74, 6) is -0.213. The van der Waals surface area contributed by atoms with E-state index in [0.717, 1.165) is 19.4 Å². The number of hydrogen-bond donors (Lipinski definition) is 2. The number of rotatable bonds is 3. The van der Waals surface area contributed by atoms with Crippen molar-refractivity contribution in [3.05, 3.63) is 33.3 Å². The van der Waals surface area contributed by atoms with E-state index in [9.17, 15) is 14.9 Å². The summed E-state index contributed by atoms with van der Waals surface area (Å²) in [6, 6.07) is 4.21. The van der Waals surface area contributed by atoms with E-state index in [-0.39, 0.29) is 22.3 Å². The fourth-order valence-electron chi connectivity index (χ4n) is 2.28.